The lowest BCUT2D eigenvalue weighted by atomic mass is 9.75. The van der Waals surface area contributed by atoms with Gasteiger partial charge in [-0.1, -0.05) is 37.3 Å². The van der Waals surface area contributed by atoms with E-state index < -0.39 is 0 Å². The number of nitrogens with two attached hydrogens (primary N) is 1. The monoisotopic (exact) mass is 246 g/mol. The van der Waals surface area contributed by atoms with Crippen molar-refractivity contribution >= 4 is 0 Å². The number of rotatable bonds is 4. The fraction of sp³-hybridized carbons (Fsp3) is 0.625. The first-order valence-electron chi connectivity index (χ1n) is 7.21. The highest BCUT2D eigenvalue weighted by Crippen LogP contribution is 2.37. The molecular formula is C16H26N2. The maximum atomic E-state index is 5.94. The molecule has 0 spiro atoms. The zero-order valence-electron chi connectivity index (χ0n) is 11.7. The first kappa shape index (κ1) is 13.6. The summed E-state index contributed by atoms with van der Waals surface area (Å²) >= 11 is 0. The Kier molecular flexibility index (Phi) is 4.79. The summed E-state index contributed by atoms with van der Waals surface area (Å²) in [6.45, 7) is 4.18. The van der Waals surface area contributed by atoms with Crippen LogP contribution in [0.15, 0.2) is 30.3 Å². The topological polar surface area (TPSA) is 29.3 Å². The van der Waals surface area contributed by atoms with Gasteiger partial charge in [-0.05, 0) is 56.8 Å². The molecule has 2 nitrogen and oxygen atoms in total. The van der Waals surface area contributed by atoms with E-state index in [2.05, 4.69) is 49.2 Å². The van der Waals surface area contributed by atoms with Crippen LogP contribution in [0.2, 0.25) is 0 Å². The first-order valence-corrected chi connectivity index (χ1v) is 7.21. The summed E-state index contributed by atoms with van der Waals surface area (Å²) in [4.78, 5) is 2.48. The molecule has 2 heteroatoms. The molecule has 1 aromatic carbocycles. The van der Waals surface area contributed by atoms with Crippen molar-refractivity contribution in [1.29, 1.82) is 0 Å². The van der Waals surface area contributed by atoms with Crippen molar-refractivity contribution in [3.63, 3.8) is 0 Å². The average Bonchev–Trinajstić information content (AvgIpc) is 2.46. The van der Waals surface area contributed by atoms with Crippen molar-refractivity contribution in [1.82, 2.24) is 4.90 Å². The van der Waals surface area contributed by atoms with E-state index in [4.69, 9.17) is 5.73 Å². The van der Waals surface area contributed by atoms with E-state index in [9.17, 15) is 0 Å². The van der Waals surface area contributed by atoms with Crippen LogP contribution in [0.5, 0.6) is 0 Å². The van der Waals surface area contributed by atoms with Gasteiger partial charge in [0.1, 0.15) is 0 Å². The van der Waals surface area contributed by atoms with Gasteiger partial charge in [0, 0.05) is 6.04 Å². The zero-order valence-corrected chi connectivity index (χ0v) is 11.7. The van der Waals surface area contributed by atoms with E-state index >= 15 is 0 Å². The van der Waals surface area contributed by atoms with Crippen LogP contribution >= 0.6 is 0 Å². The van der Waals surface area contributed by atoms with Crippen molar-refractivity contribution in [2.75, 3.05) is 20.1 Å². The van der Waals surface area contributed by atoms with Crippen molar-refractivity contribution in [3.05, 3.63) is 35.9 Å². The largest absolute Gasteiger partial charge is 0.330 e. The third-order valence-corrected chi connectivity index (χ3v) is 4.59. The van der Waals surface area contributed by atoms with Crippen molar-refractivity contribution in [3.8, 4) is 0 Å². The van der Waals surface area contributed by atoms with Gasteiger partial charge in [0.15, 0.2) is 0 Å². The predicted octanol–water partition coefficient (Wildman–Crippen LogP) is 2.85. The van der Waals surface area contributed by atoms with Gasteiger partial charge >= 0.3 is 0 Å². The van der Waals surface area contributed by atoms with Gasteiger partial charge in [0.2, 0.25) is 0 Å². The summed E-state index contributed by atoms with van der Waals surface area (Å²) in [5.41, 5.74) is 7.45. The maximum absolute atomic E-state index is 5.94. The summed E-state index contributed by atoms with van der Waals surface area (Å²) in [6.07, 6.45) is 3.82. The molecule has 100 valence electrons. The lowest BCUT2D eigenvalue weighted by molar-refractivity contribution is 0.128. The van der Waals surface area contributed by atoms with Crippen LogP contribution in [-0.4, -0.2) is 31.1 Å². The molecule has 1 aliphatic rings. The molecule has 2 rings (SSSR count). The number of hydrogen-bond donors (Lipinski definition) is 1. The van der Waals surface area contributed by atoms with Crippen LogP contribution < -0.4 is 5.73 Å². The Bertz CT molecular complexity index is 349. The minimum Gasteiger partial charge on any atom is -0.330 e. The van der Waals surface area contributed by atoms with Gasteiger partial charge < -0.3 is 10.6 Å². The summed E-state index contributed by atoms with van der Waals surface area (Å²) in [5, 5.41) is 0. The number of hydrogen-bond acceptors (Lipinski definition) is 2. The third-order valence-electron chi connectivity index (χ3n) is 4.59. The van der Waals surface area contributed by atoms with Crippen LogP contribution in [0.3, 0.4) is 0 Å². The molecule has 0 aromatic heterocycles. The second-order valence-corrected chi connectivity index (χ2v) is 5.56. The minimum atomic E-state index is 0.652. The molecule has 18 heavy (non-hydrogen) atoms. The first-order chi connectivity index (χ1) is 8.76. The van der Waals surface area contributed by atoms with E-state index in [1.54, 1.807) is 0 Å². The predicted molar refractivity (Wildman–Crippen MR) is 77.7 cm³/mol. The quantitative estimate of drug-likeness (QED) is 0.885. The molecule has 1 aliphatic carbocycles. The standard InChI is InChI=1S/C16H26N2/c1-3-18(2)16-11-14(9-10-15(16)12-17)13-7-5-4-6-8-13/h4-8,14-16H,3,9-12,17H2,1-2H3. The van der Waals surface area contributed by atoms with E-state index in [1.165, 1.54) is 24.8 Å². The molecule has 0 heterocycles. The van der Waals surface area contributed by atoms with Crippen molar-refractivity contribution in [2.24, 2.45) is 11.7 Å². The highest BCUT2D eigenvalue weighted by molar-refractivity contribution is 5.20. The highest BCUT2D eigenvalue weighted by atomic mass is 15.1. The zero-order chi connectivity index (χ0) is 13.0. The summed E-state index contributed by atoms with van der Waals surface area (Å²) < 4.78 is 0. The Hall–Kier alpha value is -0.860. The Morgan fingerprint density at radius 3 is 2.56 bits per heavy atom. The van der Waals surface area contributed by atoms with E-state index in [-0.39, 0.29) is 0 Å². The fourth-order valence-corrected chi connectivity index (χ4v) is 3.29. The van der Waals surface area contributed by atoms with Crippen LogP contribution in [-0.2, 0) is 0 Å². The highest BCUT2D eigenvalue weighted by Gasteiger charge is 2.32. The van der Waals surface area contributed by atoms with E-state index in [0.29, 0.717) is 17.9 Å². The second-order valence-electron chi connectivity index (χ2n) is 5.56. The average molecular weight is 246 g/mol. The summed E-state index contributed by atoms with van der Waals surface area (Å²) in [6, 6.07) is 11.6. The Labute approximate surface area is 111 Å². The van der Waals surface area contributed by atoms with Crippen LogP contribution in [0.4, 0.5) is 0 Å². The molecule has 0 radical (unpaired) electrons. The lowest BCUT2D eigenvalue weighted by Crippen LogP contribution is -2.44. The normalized spacial score (nSPS) is 28.6. The molecule has 1 saturated carbocycles. The van der Waals surface area contributed by atoms with Crippen molar-refractivity contribution in [2.45, 2.75) is 38.1 Å². The van der Waals surface area contributed by atoms with Gasteiger partial charge in [-0.15, -0.1) is 0 Å². The van der Waals surface area contributed by atoms with Crippen LogP contribution in [0, 0.1) is 5.92 Å². The van der Waals surface area contributed by atoms with Crippen LogP contribution in [0.25, 0.3) is 0 Å². The minimum absolute atomic E-state index is 0.652. The smallest absolute Gasteiger partial charge is 0.0138 e. The second kappa shape index (κ2) is 6.35. The van der Waals surface area contributed by atoms with Gasteiger partial charge in [-0.25, -0.2) is 0 Å². The van der Waals surface area contributed by atoms with Crippen molar-refractivity contribution < 1.29 is 0 Å². The Morgan fingerprint density at radius 2 is 1.94 bits per heavy atom. The molecule has 0 amide bonds. The third kappa shape index (κ3) is 2.93. The molecule has 0 bridgehead atoms. The number of nitrogens with zero attached hydrogens (tertiary/aromatic N) is 1. The Balaban J connectivity index is 2.09. The maximum Gasteiger partial charge on any atom is 0.0138 e. The molecule has 1 fully saturated rings. The molecule has 3 unspecified atom stereocenters. The summed E-state index contributed by atoms with van der Waals surface area (Å²) in [7, 11) is 2.24. The molecule has 1 aromatic rings. The molecule has 2 N–H and O–H groups in total. The number of benzene rings is 1. The molecule has 0 aliphatic heterocycles. The van der Waals surface area contributed by atoms with Gasteiger partial charge in [-0.2, -0.15) is 0 Å². The molecular weight excluding hydrogens is 220 g/mol. The fourth-order valence-electron chi connectivity index (χ4n) is 3.29. The SMILES string of the molecule is CCN(C)C1CC(c2ccccc2)CCC1CN. The van der Waals surface area contributed by atoms with Gasteiger partial charge in [-0.3, -0.25) is 0 Å². The van der Waals surface area contributed by atoms with Gasteiger partial charge in [0.25, 0.3) is 0 Å². The Morgan fingerprint density at radius 1 is 1.22 bits per heavy atom. The van der Waals surface area contributed by atoms with Gasteiger partial charge in [0.05, 0.1) is 0 Å². The van der Waals surface area contributed by atoms with E-state index in [0.717, 1.165) is 13.1 Å². The lowest BCUT2D eigenvalue weighted by Gasteiger charge is -2.40. The van der Waals surface area contributed by atoms with E-state index in [1.807, 2.05) is 0 Å². The van der Waals surface area contributed by atoms with Crippen LogP contribution in [0.1, 0.15) is 37.7 Å². The summed E-state index contributed by atoms with van der Waals surface area (Å²) in [5.74, 6) is 1.39. The molecule has 3 atom stereocenters. The molecule has 0 saturated heterocycles.